The minimum Gasteiger partial charge on any atom is -0.457 e. The summed E-state index contributed by atoms with van der Waals surface area (Å²) in [5, 5.41) is 18.2. The molecule has 0 fully saturated rings. The highest BCUT2D eigenvalue weighted by Gasteiger charge is 2.25. The van der Waals surface area contributed by atoms with E-state index in [1.165, 1.54) is 54.0 Å². The second-order valence-electron chi connectivity index (χ2n) is 5.34. The molecule has 140 valence electrons. The van der Waals surface area contributed by atoms with E-state index in [2.05, 4.69) is 0 Å². The monoisotopic (exact) mass is 384 g/mol. The first-order chi connectivity index (χ1) is 12.2. The molecule has 0 heterocycles. The molecule has 2 rings (SSSR count). The standard InChI is InChI=1S/C16H17FN2O6S/c1-26(23,24)19(10-15(20)16(21)18-22)12-4-8-14(9-5-12)25-13-6-2-11(17)3-7-13/h2-9,15,20,22H,10H2,1H3,(H,18,21)/t15-/m0/s1. The fourth-order valence-electron chi connectivity index (χ4n) is 2.07. The summed E-state index contributed by atoms with van der Waals surface area (Å²) in [6, 6.07) is 11.2. The third-order valence-electron chi connectivity index (χ3n) is 3.33. The number of carbonyl (C=O) groups is 1. The van der Waals surface area contributed by atoms with Crippen LogP contribution < -0.4 is 14.5 Å². The zero-order valence-corrected chi connectivity index (χ0v) is 14.5. The smallest absolute Gasteiger partial charge is 0.274 e. The van der Waals surface area contributed by atoms with Gasteiger partial charge < -0.3 is 9.84 Å². The summed E-state index contributed by atoms with van der Waals surface area (Å²) in [6.07, 6.45) is -0.843. The van der Waals surface area contributed by atoms with Crippen molar-refractivity contribution in [3.8, 4) is 11.5 Å². The lowest BCUT2D eigenvalue weighted by atomic mass is 10.2. The van der Waals surface area contributed by atoms with Crippen molar-refractivity contribution in [2.24, 2.45) is 0 Å². The highest BCUT2D eigenvalue weighted by Crippen LogP contribution is 2.26. The number of nitrogens with one attached hydrogen (secondary N) is 1. The summed E-state index contributed by atoms with van der Waals surface area (Å²) in [5.74, 6) is -0.756. The van der Waals surface area contributed by atoms with Crippen molar-refractivity contribution in [3.63, 3.8) is 0 Å². The summed E-state index contributed by atoms with van der Waals surface area (Å²) >= 11 is 0. The van der Waals surface area contributed by atoms with Crippen LogP contribution in [-0.2, 0) is 14.8 Å². The summed E-state index contributed by atoms with van der Waals surface area (Å²) < 4.78 is 43.1. The lowest BCUT2D eigenvalue weighted by molar-refractivity contribution is -0.137. The average Bonchev–Trinajstić information content (AvgIpc) is 2.60. The Morgan fingerprint density at radius 3 is 2.12 bits per heavy atom. The highest BCUT2D eigenvalue weighted by molar-refractivity contribution is 7.92. The number of nitrogens with zero attached hydrogens (tertiary/aromatic N) is 1. The predicted octanol–water partition coefficient (Wildman–Crippen LogP) is 1.25. The fourth-order valence-corrected chi connectivity index (χ4v) is 2.98. The molecule has 0 saturated carbocycles. The van der Waals surface area contributed by atoms with Gasteiger partial charge in [-0.15, -0.1) is 0 Å². The van der Waals surface area contributed by atoms with Gasteiger partial charge in [0.25, 0.3) is 5.91 Å². The molecule has 0 radical (unpaired) electrons. The van der Waals surface area contributed by atoms with Gasteiger partial charge in [0.1, 0.15) is 17.3 Å². The topological polar surface area (TPSA) is 116 Å². The van der Waals surface area contributed by atoms with Gasteiger partial charge in [0.15, 0.2) is 6.10 Å². The van der Waals surface area contributed by atoms with E-state index in [4.69, 9.17) is 9.94 Å². The van der Waals surface area contributed by atoms with E-state index in [0.717, 1.165) is 10.6 Å². The SMILES string of the molecule is CS(=O)(=O)N(C[C@H](O)C(=O)NO)c1ccc(Oc2ccc(F)cc2)cc1. The number of hydrogen-bond acceptors (Lipinski definition) is 6. The Morgan fingerprint density at radius 2 is 1.65 bits per heavy atom. The molecule has 0 aliphatic rings. The lowest BCUT2D eigenvalue weighted by Gasteiger charge is -2.24. The molecule has 0 unspecified atom stereocenters. The van der Waals surface area contributed by atoms with E-state index in [1.807, 2.05) is 0 Å². The van der Waals surface area contributed by atoms with Crippen molar-refractivity contribution in [2.45, 2.75) is 6.10 Å². The van der Waals surface area contributed by atoms with Gasteiger partial charge in [0, 0.05) is 0 Å². The molecule has 0 aliphatic carbocycles. The van der Waals surface area contributed by atoms with E-state index in [0.29, 0.717) is 11.5 Å². The number of amides is 1. The summed E-state index contributed by atoms with van der Waals surface area (Å²) in [4.78, 5) is 11.2. The minimum atomic E-state index is -3.80. The number of sulfonamides is 1. The third kappa shape index (κ3) is 5.15. The quantitative estimate of drug-likeness (QED) is 0.489. The molecule has 0 saturated heterocycles. The number of halogens is 1. The van der Waals surface area contributed by atoms with Crippen molar-refractivity contribution < 1.29 is 32.7 Å². The average molecular weight is 384 g/mol. The zero-order chi connectivity index (χ0) is 19.3. The van der Waals surface area contributed by atoms with Gasteiger partial charge in [-0.2, -0.15) is 0 Å². The normalized spacial score (nSPS) is 12.3. The van der Waals surface area contributed by atoms with E-state index in [1.54, 1.807) is 0 Å². The maximum Gasteiger partial charge on any atom is 0.274 e. The molecule has 1 atom stereocenters. The van der Waals surface area contributed by atoms with Gasteiger partial charge in [0.05, 0.1) is 18.5 Å². The van der Waals surface area contributed by atoms with Gasteiger partial charge in [-0.25, -0.2) is 18.3 Å². The first kappa shape index (κ1) is 19.6. The summed E-state index contributed by atoms with van der Waals surface area (Å²) in [5.41, 5.74) is 1.44. The Bertz CT molecular complexity index is 855. The van der Waals surface area contributed by atoms with Crippen LogP contribution in [0.2, 0.25) is 0 Å². The van der Waals surface area contributed by atoms with E-state index in [-0.39, 0.29) is 5.69 Å². The summed E-state index contributed by atoms with van der Waals surface area (Å²) in [7, 11) is -3.80. The Hall–Kier alpha value is -2.69. The van der Waals surface area contributed by atoms with Crippen LogP contribution in [0.15, 0.2) is 48.5 Å². The number of anilines is 1. The van der Waals surface area contributed by atoms with Crippen LogP contribution in [0, 0.1) is 5.82 Å². The number of aliphatic hydroxyl groups excluding tert-OH is 1. The molecule has 2 aromatic rings. The Morgan fingerprint density at radius 1 is 1.15 bits per heavy atom. The van der Waals surface area contributed by atoms with Gasteiger partial charge in [-0.05, 0) is 48.5 Å². The zero-order valence-electron chi connectivity index (χ0n) is 13.7. The van der Waals surface area contributed by atoms with Gasteiger partial charge in [-0.3, -0.25) is 14.3 Å². The van der Waals surface area contributed by atoms with Crippen molar-refractivity contribution in [1.29, 1.82) is 0 Å². The maximum atomic E-state index is 12.9. The number of hydroxylamine groups is 1. The van der Waals surface area contributed by atoms with Crippen molar-refractivity contribution in [1.82, 2.24) is 5.48 Å². The number of rotatable bonds is 7. The number of aliphatic hydroxyl groups is 1. The molecule has 0 aromatic heterocycles. The van der Waals surface area contributed by atoms with Crippen LogP contribution in [0.25, 0.3) is 0 Å². The Labute approximate surface area is 149 Å². The van der Waals surface area contributed by atoms with Crippen LogP contribution in [0.4, 0.5) is 10.1 Å². The predicted molar refractivity (Wildman–Crippen MR) is 91.0 cm³/mol. The second kappa shape index (κ2) is 8.13. The van der Waals surface area contributed by atoms with Crippen LogP contribution in [-0.4, -0.2) is 43.5 Å². The van der Waals surface area contributed by atoms with Gasteiger partial charge in [0.2, 0.25) is 10.0 Å². The van der Waals surface area contributed by atoms with Crippen LogP contribution in [0.3, 0.4) is 0 Å². The molecule has 8 nitrogen and oxygen atoms in total. The lowest BCUT2D eigenvalue weighted by Crippen LogP contribution is -2.44. The largest absolute Gasteiger partial charge is 0.457 e. The third-order valence-corrected chi connectivity index (χ3v) is 4.49. The summed E-state index contributed by atoms with van der Waals surface area (Å²) in [6.45, 7) is -0.580. The Balaban J connectivity index is 2.19. The van der Waals surface area contributed by atoms with Crippen LogP contribution in [0.5, 0.6) is 11.5 Å². The second-order valence-corrected chi connectivity index (χ2v) is 7.24. The minimum absolute atomic E-state index is 0.184. The van der Waals surface area contributed by atoms with E-state index in [9.17, 15) is 22.7 Å². The Kier molecular flexibility index (Phi) is 6.14. The van der Waals surface area contributed by atoms with Crippen molar-refractivity contribution in [2.75, 3.05) is 17.1 Å². The fraction of sp³-hybridized carbons (Fsp3) is 0.188. The van der Waals surface area contributed by atoms with Crippen molar-refractivity contribution >= 4 is 21.6 Å². The molecule has 2 aromatic carbocycles. The molecular formula is C16H17FN2O6S. The molecule has 0 bridgehead atoms. The molecular weight excluding hydrogens is 367 g/mol. The number of ether oxygens (including phenoxy) is 1. The molecule has 26 heavy (non-hydrogen) atoms. The van der Waals surface area contributed by atoms with Crippen molar-refractivity contribution in [3.05, 3.63) is 54.3 Å². The number of benzene rings is 2. The molecule has 1 amide bonds. The van der Waals surface area contributed by atoms with E-state index < -0.39 is 34.4 Å². The molecule has 0 aliphatic heterocycles. The van der Waals surface area contributed by atoms with E-state index >= 15 is 0 Å². The molecule has 0 spiro atoms. The van der Waals surface area contributed by atoms with Gasteiger partial charge >= 0.3 is 0 Å². The first-order valence-corrected chi connectivity index (χ1v) is 9.19. The van der Waals surface area contributed by atoms with Crippen LogP contribution in [0.1, 0.15) is 0 Å². The number of hydrogen-bond donors (Lipinski definition) is 3. The molecule has 3 N–H and O–H groups in total. The first-order valence-electron chi connectivity index (χ1n) is 7.34. The van der Waals surface area contributed by atoms with Gasteiger partial charge in [-0.1, -0.05) is 0 Å². The maximum absolute atomic E-state index is 12.9. The molecule has 10 heteroatoms. The highest BCUT2D eigenvalue weighted by atomic mass is 32.2. The number of carbonyl (C=O) groups excluding carboxylic acids is 1. The van der Waals surface area contributed by atoms with Crippen LogP contribution >= 0.6 is 0 Å².